The number of nitrogens with zero attached hydrogens (tertiary/aromatic N) is 1. The van der Waals surface area contributed by atoms with Crippen molar-refractivity contribution in [1.82, 2.24) is 9.03 Å². The molecule has 6 heteroatoms. The lowest BCUT2D eigenvalue weighted by Crippen LogP contribution is -2.44. The molecule has 1 atom stereocenters. The summed E-state index contributed by atoms with van der Waals surface area (Å²) >= 11 is 0. The lowest BCUT2D eigenvalue weighted by Gasteiger charge is -2.22. The Bertz CT molecular complexity index is 284. The van der Waals surface area contributed by atoms with Crippen LogP contribution in [0.1, 0.15) is 26.7 Å². The van der Waals surface area contributed by atoms with Crippen molar-refractivity contribution in [2.24, 2.45) is 0 Å². The molecule has 0 saturated carbocycles. The summed E-state index contributed by atoms with van der Waals surface area (Å²) in [5.74, 6) is 0. The molecular weight excluding hydrogens is 216 g/mol. The molecular formula is C9H20N2O3S. The van der Waals surface area contributed by atoms with E-state index in [0.29, 0.717) is 6.54 Å². The molecule has 1 saturated heterocycles. The predicted octanol–water partition coefficient (Wildman–Crippen LogP) is 0.340. The van der Waals surface area contributed by atoms with Crippen molar-refractivity contribution in [3.05, 3.63) is 0 Å². The summed E-state index contributed by atoms with van der Waals surface area (Å²) in [6, 6.07) is -0.0352. The normalized spacial score (nSPS) is 22.9. The van der Waals surface area contributed by atoms with E-state index >= 15 is 0 Å². The van der Waals surface area contributed by atoms with Crippen LogP contribution in [-0.4, -0.2) is 45.1 Å². The van der Waals surface area contributed by atoms with Crippen LogP contribution in [0.15, 0.2) is 0 Å². The van der Waals surface area contributed by atoms with E-state index in [1.807, 2.05) is 13.8 Å². The van der Waals surface area contributed by atoms with E-state index in [-0.39, 0.29) is 12.1 Å². The van der Waals surface area contributed by atoms with Crippen molar-refractivity contribution in [1.29, 1.82) is 0 Å². The second kappa shape index (κ2) is 5.25. The molecule has 1 fully saturated rings. The second-order valence-electron chi connectivity index (χ2n) is 4.10. The molecule has 0 spiro atoms. The Balaban J connectivity index is 2.42. The van der Waals surface area contributed by atoms with Crippen LogP contribution in [-0.2, 0) is 14.9 Å². The maximum absolute atomic E-state index is 11.7. The van der Waals surface area contributed by atoms with Gasteiger partial charge in [-0.2, -0.15) is 17.4 Å². The number of hydrogen-bond acceptors (Lipinski definition) is 3. The van der Waals surface area contributed by atoms with E-state index in [1.54, 1.807) is 7.05 Å². The van der Waals surface area contributed by atoms with Crippen LogP contribution >= 0.6 is 0 Å². The molecule has 15 heavy (non-hydrogen) atoms. The molecule has 1 rings (SSSR count). The van der Waals surface area contributed by atoms with Gasteiger partial charge in [0.15, 0.2) is 0 Å². The van der Waals surface area contributed by atoms with Gasteiger partial charge in [0.2, 0.25) is 0 Å². The van der Waals surface area contributed by atoms with Gasteiger partial charge in [-0.25, -0.2) is 0 Å². The summed E-state index contributed by atoms with van der Waals surface area (Å²) in [6.07, 6.45) is 2.00. The number of ether oxygens (including phenoxy) is 1. The molecule has 0 aromatic heterocycles. The summed E-state index contributed by atoms with van der Waals surface area (Å²) in [5, 5.41) is 0. The molecule has 1 heterocycles. The first kappa shape index (κ1) is 12.9. The minimum atomic E-state index is -3.34. The fourth-order valence-corrected chi connectivity index (χ4v) is 2.54. The molecule has 0 unspecified atom stereocenters. The van der Waals surface area contributed by atoms with Gasteiger partial charge in [-0.05, 0) is 26.7 Å². The third-order valence-electron chi connectivity index (χ3n) is 2.62. The number of rotatable bonds is 5. The third kappa shape index (κ3) is 3.71. The molecule has 0 amide bonds. The fourth-order valence-electron chi connectivity index (χ4n) is 1.38. The van der Waals surface area contributed by atoms with Crippen molar-refractivity contribution in [2.75, 3.05) is 20.2 Å². The first-order valence-corrected chi connectivity index (χ1v) is 6.71. The molecule has 0 bridgehead atoms. The summed E-state index contributed by atoms with van der Waals surface area (Å²) in [6.45, 7) is 4.79. The van der Waals surface area contributed by atoms with Crippen molar-refractivity contribution in [3.63, 3.8) is 0 Å². The van der Waals surface area contributed by atoms with Crippen molar-refractivity contribution in [2.45, 2.75) is 38.8 Å². The highest BCUT2D eigenvalue weighted by Gasteiger charge is 2.23. The summed E-state index contributed by atoms with van der Waals surface area (Å²) in [5.41, 5.74) is 0. The van der Waals surface area contributed by atoms with Crippen LogP contribution in [0.5, 0.6) is 0 Å². The van der Waals surface area contributed by atoms with Crippen LogP contribution < -0.4 is 4.72 Å². The van der Waals surface area contributed by atoms with E-state index in [4.69, 9.17) is 4.74 Å². The van der Waals surface area contributed by atoms with E-state index in [2.05, 4.69) is 4.72 Å². The molecule has 0 aromatic carbocycles. The lowest BCUT2D eigenvalue weighted by atomic mass is 10.2. The van der Waals surface area contributed by atoms with E-state index < -0.39 is 10.2 Å². The maximum atomic E-state index is 11.7. The highest BCUT2D eigenvalue weighted by atomic mass is 32.2. The first-order valence-electron chi connectivity index (χ1n) is 5.27. The van der Waals surface area contributed by atoms with Crippen LogP contribution in [0.4, 0.5) is 0 Å². The monoisotopic (exact) mass is 236 g/mol. The Hall–Kier alpha value is -0.170. The van der Waals surface area contributed by atoms with Gasteiger partial charge in [-0.3, -0.25) is 0 Å². The smallest absolute Gasteiger partial charge is 0.279 e. The van der Waals surface area contributed by atoms with Crippen LogP contribution in [0.3, 0.4) is 0 Å². The Kier molecular flexibility index (Phi) is 4.51. The van der Waals surface area contributed by atoms with Gasteiger partial charge in [0.1, 0.15) is 0 Å². The largest absolute Gasteiger partial charge is 0.377 e. The molecule has 0 aromatic rings. The van der Waals surface area contributed by atoms with E-state index in [0.717, 1.165) is 19.4 Å². The average molecular weight is 236 g/mol. The Morgan fingerprint density at radius 2 is 2.20 bits per heavy atom. The SMILES string of the molecule is CC(C)N(C)S(=O)(=O)NC[C@H]1CCCO1. The zero-order valence-corrected chi connectivity index (χ0v) is 10.4. The van der Waals surface area contributed by atoms with Crippen molar-refractivity contribution in [3.8, 4) is 0 Å². The van der Waals surface area contributed by atoms with Crippen molar-refractivity contribution >= 4 is 10.2 Å². The zero-order valence-electron chi connectivity index (χ0n) is 9.56. The average Bonchev–Trinajstić information content (AvgIpc) is 2.66. The van der Waals surface area contributed by atoms with Crippen molar-refractivity contribution < 1.29 is 13.2 Å². The number of hydrogen-bond donors (Lipinski definition) is 1. The van der Waals surface area contributed by atoms with Gasteiger partial charge >= 0.3 is 0 Å². The van der Waals surface area contributed by atoms with Gasteiger partial charge in [0, 0.05) is 26.2 Å². The lowest BCUT2D eigenvalue weighted by molar-refractivity contribution is 0.114. The predicted molar refractivity (Wildman–Crippen MR) is 58.8 cm³/mol. The van der Waals surface area contributed by atoms with Gasteiger partial charge in [0.05, 0.1) is 6.10 Å². The van der Waals surface area contributed by atoms with Crippen LogP contribution in [0.25, 0.3) is 0 Å². The topological polar surface area (TPSA) is 58.6 Å². The molecule has 90 valence electrons. The summed E-state index contributed by atoms with van der Waals surface area (Å²) in [7, 11) is -1.77. The summed E-state index contributed by atoms with van der Waals surface area (Å²) in [4.78, 5) is 0. The zero-order chi connectivity index (χ0) is 11.5. The molecule has 1 aliphatic rings. The highest BCUT2D eigenvalue weighted by molar-refractivity contribution is 7.87. The number of nitrogens with one attached hydrogen (secondary N) is 1. The Labute approximate surface area is 92.0 Å². The third-order valence-corrected chi connectivity index (χ3v) is 4.34. The van der Waals surface area contributed by atoms with E-state index in [1.165, 1.54) is 4.31 Å². The molecule has 5 nitrogen and oxygen atoms in total. The van der Waals surface area contributed by atoms with Crippen LogP contribution in [0, 0.1) is 0 Å². The van der Waals surface area contributed by atoms with Gasteiger partial charge in [0.25, 0.3) is 10.2 Å². The minimum absolute atomic E-state index is 0.0352. The molecule has 0 aliphatic carbocycles. The standard InChI is InChI=1S/C9H20N2O3S/c1-8(2)11(3)15(12,13)10-7-9-5-4-6-14-9/h8-10H,4-7H2,1-3H3/t9-/m1/s1. The van der Waals surface area contributed by atoms with Crippen LogP contribution in [0.2, 0.25) is 0 Å². The summed E-state index contributed by atoms with van der Waals surface area (Å²) < 4.78 is 32.6. The molecule has 1 aliphatic heterocycles. The maximum Gasteiger partial charge on any atom is 0.279 e. The quantitative estimate of drug-likeness (QED) is 0.749. The Morgan fingerprint density at radius 3 is 2.67 bits per heavy atom. The Morgan fingerprint density at radius 1 is 1.53 bits per heavy atom. The molecule has 1 N–H and O–H groups in total. The molecule has 0 radical (unpaired) electrons. The van der Waals surface area contributed by atoms with E-state index in [9.17, 15) is 8.42 Å². The van der Waals surface area contributed by atoms with Gasteiger partial charge in [-0.15, -0.1) is 0 Å². The minimum Gasteiger partial charge on any atom is -0.377 e. The second-order valence-corrected chi connectivity index (χ2v) is 5.91. The fraction of sp³-hybridized carbons (Fsp3) is 1.00. The van der Waals surface area contributed by atoms with Gasteiger partial charge < -0.3 is 4.74 Å². The first-order chi connectivity index (χ1) is 6.93. The van der Waals surface area contributed by atoms with Gasteiger partial charge in [-0.1, -0.05) is 0 Å². The highest BCUT2D eigenvalue weighted by Crippen LogP contribution is 2.11.